The Bertz CT molecular complexity index is 313. The second-order valence-corrected chi connectivity index (χ2v) is 4.04. The van der Waals surface area contributed by atoms with Gasteiger partial charge in [-0.25, -0.2) is 0 Å². The van der Waals surface area contributed by atoms with E-state index >= 15 is 0 Å². The van der Waals surface area contributed by atoms with Crippen LogP contribution in [0.15, 0.2) is 0 Å². The molecule has 1 rings (SSSR count). The number of carbonyl (C=O) groups excluding carboxylic acids is 3. The molecule has 0 spiro atoms. The van der Waals surface area contributed by atoms with Crippen molar-refractivity contribution < 1.29 is 14.4 Å². The summed E-state index contributed by atoms with van der Waals surface area (Å²) in [6, 6.07) is -0.0243. The molecule has 7 heteroatoms. The van der Waals surface area contributed by atoms with Crippen molar-refractivity contribution in [3.8, 4) is 0 Å². The van der Waals surface area contributed by atoms with Gasteiger partial charge in [-0.1, -0.05) is 0 Å². The number of nitrogens with one attached hydrogen (secondary N) is 2. The first-order valence-electron chi connectivity index (χ1n) is 5.53. The van der Waals surface area contributed by atoms with Gasteiger partial charge in [-0.2, -0.15) is 0 Å². The Balaban J connectivity index is 2.57. The maximum absolute atomic E-state index is 11.8. The molecular formula is C10H18N4O3. The quantitative estimate of drug-likeness (QED) is 0.508. The van der Waals surface area contributed by atoms with E-state index in [1.165, 1.54) is 11.8 Å². The average Bonchev–Trinajstić information content (AvgIpc) is 2.75. The van der Waals surface area contributed by atoms with Crippen LogP contribution in [0.4, 0.5) is 0 Å². The third-order valence-corrected chi connectivity index (χ3v) is 2.61. The lowest BCUT2D eigenvalue weighted by atomic mass is 10.2. The number of hydrogen-bond donors (Lipinski definition) is 3. The maximum atomic E-state index is 11.8. The van der Waals surface area contributed by atoms with E-state index in [1.54, 1.807) is 0 Å². The lowest BCUT2D eigenvalue weighted by molar-refractivity contribution is -0.137. The molecule has 0 bridgehead atoms. The largest absolute Gasteiger partial charge is 0.368 e. The number of nitrogens with two attached hydrogens (primary N) is 1. The Hall–Kier alpha value is -1.63. The topological polar surface area (TPSA) is 105 Å². The Kier molecular flexibility index (Phi) is 4.89. The molecule has 1 saturated heterocycles. The summed E-state index contributed by atoms with van der Waals surface area (Å²) < 4.78 is 0. The van der Waals surface area contributed by atoms with E-state index in [0.29, 0.717) is 6.54 Å². The minimum atomic E-state index is -0.548. The van der Waals surface area contributed by atoms with Crippen LogP contribution in [0.3, 0.4) is 0 Å². The van der Waals surface area contributed by atoms with Crippen LogP contribution in [0.2, 0.25) is 0 Å². The minimum Gasteiger partial charge on any atom is -0.368 e. The van der Waals surface area contributed by atoms with E-state index < -0.39 is 5.91 Å². The standard InChI is InChI=1S/C10H18N4O3/c1-7(15)13-5-10(17)14(6-9(11)16)8-2-3-12-4-8/h8,12H,2-6H2,1H3,(H2,11,16)(H,13,15). The molecular weight excluding hydrogens is 224 g/mol. The van der Waals surface area contributed by atoms with E-state index in [1.807, 2.05) is 0 Å². The Morgan fingerprint density at radius 3 is 2.65 bits per heavy atom. The van der Waals surface area contributed by atoms with E-state index in [0.717, 1.165) is 13.0 Å². The van der Waals surface area contributed by atoms with Crippen molar-refractivity contribution in [2.24, 2.45) is 5.73 Å². The van der Waals surface area contributed by atoms with Crippen LogP contribution in [0.25, 0.3) is 0 Å². The van der Waals surface area contributed by atoms with Crippen molar-refractivity contribution in [2.75, 3.05) is 26.2 Å². The van der Waals surface area contributed by atoms with Crippen molar-refractivity contribution in [2.45, 2.75) is 19.4 Å². The molecule has 0 saturated carbocycles. The van der Waals surface area contributed by atoms with Gasteiger partial charge in [0.2, 0.25) is 17.7 Å². The van der Waals surface area contributed by atoms with Crippen LogP contribution < -0.4 is 16.4 Å². The van der Waals surface area contributed by atoms with Gasteiger partial charge in [-0.3, -0.25) is 14.4 Å². The minimum absolute atomic E-state index is 0.0243. The van der Waals surface area contributed by atoms with Gasteiger partial charge in [-0.15, -0.1) is 0 Å². The molecule has 1 atom stereocenters. The Labute approximate surface area is 99.7 Å². The highest BCUT2D eigenvalue weighted by Gasteiger charge is 2.27. The van der Waals surface area contributed by atoms with Gasteiger partial charge in [0.15, 0.2) is 0 Å². The zero-order chi connectivity index (χ0) is 12.8. The molecule has 0 aromatic rings. The van der Waals surface area contributed by atoms with Crippen LogP contribution in [0, 0.1) is 0 Å². The van der Waals surface area contributed by atoms with Gasteiger partial charge in [0, 0.05) is 19.5 Å². The molecule has 17 heavy (non-hydrogen) atoms. The second kappa shape index (κ2) is 6.19. The summed E-state index contributed by atoms with van der Waals surface area (Å²) >= 11 is 0. The van der Waals surface area contributed by atoms with E-state index in [2.05, 4.69) is 10.6 Å². The number of hydrogen-bond acceptors (Lipinski definition) is 4. The monoisotopic (exact) mass is 242 g/mol. The first-order valence-corrected chi connectivity index (χ1v) is 5.53. The number of rotatable bonds is 5. The third kappa shape index (κ3) is 4.39. The highest BCUT2D eigenvalue weighted by Crippen LogP contribution is 2.08. The molecule has 0 aliphatic carbocycles. The normalized spacial score (nSPS) is 18.8. The molecule has 1 heterocycles. The predicted molar refractivity (Wildman–Crippen MR) is 60.9 cm³/mol. The summed E-state index contributed by atoms with van der Waals surface area (Å²) in [6.07, 6.45) is 0.791. The van der Waals surface area contributed by atoms with E-state index in [4.69, 9.17) is 5.73 Å². The molecule has 0 radical (unpaired) electrons. The lowest BCUT2D eigenvalue weighted by Gasteiger charge is -2.27. The molecule has 0 aromatic carbocycles. The first-order chi connectivity index (χ1) is 8.00. The van der Waals surface area contributed by atoms with Crippen molar-refractivity contribution in [1.29, 1.82) is 0 Å². The fourth-order valence-corrected chi connectivity index (χ4v) is 1.80. The second-order valence-electron chi connectivity index (χ2n) is 4.04. The summed E-state index contributed by atoms with van der Waals surface area (Å²) in [5, 5.41) is 5.53. The van der Waals surface area contributed by atoms with Gasteiger partial charge in [0.25, 0.3) is 0 Å². The highest BCUT2D eigenvalue weighted by molar-refractivity contribution is 5.87. The average molecular weight is 242 g/mol. The van der Waals surface area contributed by atoms with Crippen molar-refractivity contribution >= 4 is 17.7 Å². The summed E-state index contributed by atoms with van der Waals surface area (Å²) in [5.74, 6) is -1.11. The molecule has 1 fully saturated rings. The van der Waals surface area contributed by atoms with Crippen LogP contribution in [0.1, 0.15) is 13.3 Å². The molecule has 1 aliphatic heterocycles. The van der Waals surface area contributed by atoms with Gasteiger partial charge < -0.3 is 21.3 Å². The number of carbonyl (C=O) groups is 3. The molecule has 96 valence electrons. The smallest absolute Gasteiger partial charge is 0.242 e. The van der Waals surface area contributed by atoms with Crippen LogP contribution in [0.5, 0.6) is 0 Å². The van der Waals surface area contributed by atoms with Gasteiger partial charge in [0.1, 0.15) is 0 Å². The zero-order valence-corrected chi connectivity index (χ0v) is 9.86. The molecule has 7 nitrogen and oxygen atoms in total. The SMILES string of the molecule is CC(=O)NCC(=O)N(CC(N)=O)C1CCNC1. The maximum Gasteiger partial charge on any atom is 0.242 e. The van der Waals surface area contributed by atoms with Gasteiger partial charge in [0.05, 0.1) is 13.1 Å². The van der Waals surface area contributed by atoms with Crippen molar-refractivity contribution in [1.82, 2.24) is 15.5 Å². The van der Waals surface area contributed by atoms with E-state index in [-0.39, 0.29) is 30.9 Å². The zero-order valence-electron chi connectivity index (χ0n) is 9.86. The first kappa shape index (κ1) is 13.4. The fourth-order valence-electron chi connectivity index (χ4n) is 1.80. The number of amides is 3. The summed E-state index contributed by atoms with van der Waals surface area (Å²) in [7, 11) is 0. The summed E-state index contributed by atoms with van der Waals surface area (Å²) in [6.45, 7) is 2.60. The predicted octanol–water partition coefficient (Wildman–Crippen LogP) is -2.20. The molecule has 3 amide bonds. The third-order valence-electron chi connectivity index (χ3n) is 2.61. The van der Waals surface area contributed by atoms with Gasteiger partial charge >= 0.3 is 0 Å². The fraction of sp³-hybridized carbons (Fsp3) is 0.700. The Morgan fingerprint density at radius 2 is 2.18 bits per heavy atom. The van der Waals surface area contributed by atoms with Gasteiger partial charge in [-0.05, 0) is 13.0 Å². The Morgan fingerprint density at radius 1 is 1.47 bits per heavy atom. The van der Waals surface area contributed by atoms with E-state index in [9.17, 15) is 14.4 Å². The number of nitrogens with zero attached hydrogens (tertiary/aromatic N) is 1. The number of primary amides is 1. The molecule has 1 unspecified atom stereocenters. The van der Waals surface area contributed by atoms with Crippen LogP contribution in [-0.2, 0) is 14.4 Å². The highest BCUT2D eigenvalue weighted by atomic mass is 16.2. The van der Waals surface area contributed by atoms with Crippen molar-refractivity contribution in [3.05, 3.63) is 0 Å². The lowest BCUT2D eigenvalue weighted by Crippen LogP contribution is -2.49. The molecule has 1 aliphatic rings. The van der Waals surface area contributed by atoms with Crippen molar-refractivity contribution in [3.63, 3.8) is 0 Å². The summed E-state index contributed by atoms with van der Waals surface area (Å²) in [4.78, 5) is 34.9. The van der Waals surface area contributed by atoms with Crippen LogP contribution in [-0.4, -0.2) is 54.8 Å². The molecule has 4 N–H and O–H groups in total. The summed E-state index contributed by atoms with van der Waals surface area (Å²) in [5.41, 5.74) is 5.11. The molecule has 0 aromatic heterocycles. The van der Waals surface area contributed by atoms with Crippen LogP contribution >= 0.6 is 0 Å².